The molecule has 0 saturated heterocycles. The van der Waals surface area contributed by atoms with Crippen molar-refractivity contribution in [1.29, 1.82) is 0 Å². The van der Waals surface area contributed by atoms with E-state index in [1.807, 2.05) is 37.3 Å². The van der Waals surface area contributed by atoms with Gasteiger partial charge in [0.2, 0.25) is 5.91 Å². The van der Waals surface area contributed by atoms with E-state index in [-0.39, 0.29) is 23.3 Å². The molecule has 4 aromatic rings. The maximum absolute atomic E-state index is 12.5. The van der Waals surface area contributed by atoms with Gasteiger partial charge in [0.15, 0.2) is 4.34 Å². The number of nitrogens with one attached hydrogen (secondary N) is 2. The van der Waals surface area contributed by atoms with E-state index in [0.29, 0.717) is 16.9 Å². The van der Waals surface area contributed by atoms with Crippen molar-refractivity contribution >= 4 is 62.2 Å². The first-order chi connectivity index (χ1) is 15.9. The Morgan fingerprint density at radius 3 is 2.52 bits per heavy atom. The summed E-state index contributed by atoms with van der Waals surface area (Å²) in [5, 5.41) is 16.3. The van der Waals surface area contributed by atoms with Gasteiger partial charge in [0.05, 0.1) is 20.9 Å². The Hall–Kier alpha value is -3.76. The van der Waals surface area contributed by atoms with Gasteiger partial charge in [-0.2, -0.15) is 0 Å². The molecule has 0 spiro atoms. The molecule has 3 aromatic carbocycles. The van der Waals surface area contributed by atoms with Gasteiger partial charge in [0.1, 0.15) is 0 Å². The summed E-state index contributed by atoms with van der Waals surface area (Å²) in [6.07, 6.45) is 0. The molecule has 4 rings (SSSR count). The Morgan fingerprint density at radius 1 is 1.03 bits per heavy atom. The number of nitro benzene ring substituents is 1. The van der Waals surface area contributed by atoms with Crippen LogP contribution in [0.25, 0.3) is 10.2 Å². The number of carbonyl (C=O) groups excluding carboxylic acids is 2. The van der Waals surface area contributed by atoms with Crippen LogP contribution in [-0.2, 0) is 4.79 Å². The third-order valence-corrected chi connectivity index (χ3v) is 6.76. The largest absolute Gasteiger partial charge is 0.325 e. The van der Waals surface area contributed by atoms with Gasteiger partial charge >= 0.3 is 0 Å². The Morgan fingerprint density at radius 2 is 1.79 bits per heavy atom. The number of anilines is 2. The minimum absolute atomic E-state index is 0.0358. The quantitative estimate of drug-likeness (QED) is 0.206. The van der Waals surface area contributed by atoms with E-state index in [1.54, 1.807) is 12.1 Å². The molecule has 33 heavy (non-hydrogen) atoms. The average molecular weight is 479 g/mol. The van der Waals surface area contributed by atoms with Crippen molar-refractivity contribution in [1.82, 2.24) is 4.98 Å². The highest BCUT2D eigenvalue weighted by Gasteiger charge is 2.11. The lowest BCUT2D eigenvalue weighted by Crippen LogP contribution is -2.13. The van der Waals surface area contributed by atoms with E-state index in [2.05, 4.69) is 15.6 Å². The van der Waals surface area contributed by atoms with Gasteiger partial charge < -0.3 is 10.6 Å². The SMILES string of the molecule is Cc1cccc(C(=O)Nc2ccc3nc(SCC(=O)Nc4ccc([N+](=O)[O-])cc4)sc3c2)c1. The minimum atomic E-state index is -0.492. The summed E-state index contributed by atoms with van der Waals surface area (Å²) in [6, 6.07) is 18.5. The number of nitrogens with zero attached hydrogens (tertiary/aromatic N) is 2. The molecule has 10 heteroatoms. The number of hydrogen-bond donors (Lipinski definition) is 2. The summed E-state index contributed by atoms with van der Waals surface area (Å²) >= 11 is 2.74. The zero-order valence-electron chi connectivity index (χ0n) is 17.4. The second-order valence-electron chi connectivity index (χ2n) is 7.13. The Kier molecular flexibility index (Phi) is 6.66. The zero-order chi connectivity index (χ0) is 23.4. The van der Waals surface area contributed by atoms with Gasteiger partial charge in [-0.3, -0.25) is 19.7 Å². The van der Waals surface area contributed by atoms with Crippen molar-refractivity contribution in [2.75, 3.05) is 16.4 Å². The fourth-order valence-electron chi connectivity index (χ4n) is 3.02. The number of rotatable bonds is 7. The second-order valence-corrected chi connectivity index (χ2v) is 9.38. The first kappa shape index (κ1) is 22.4. The number of hydrogen-bond acceptors (Lipinski definition) is 7. The number of thiazole rings is 1. The van der Waals surface area contributed by atoms with E-state index < -0.39 is 4.92 Å². The number of thioether (sulfide) groups is 1. The second kappa shape index (κ2) is 9.80. The zero-order valence-corrected chi connectivity index (χ0v) is 19.0. The van der Waals surface area contributed by atoms with Crippen LogP contribution < -0.4 is 10.6 Å². The monoisotopic (exact) mass is 478 g/mol. The molecule has 2 N–H and O–H groups in total. The van der Waals surface area contributed by atoms with Crippen LogP contribution in [0.4, 0.5) is 17.1 Å². The third kappa shape index (κ3) is 5.73. The number of nitro groups is 1. The molecule has 8 nitrogen and oxygen atoms in total. The van der Waals surface area contributed by atoms with E-state index in [1.165, 1.54) is 47.4 Å². The molecule has 1 heterocycles. The topological polar surface area (TPSA) is 114 Å². The molecular weight excluding hydrogens is 460 g/mol. The summed E-state index contributed by atoms with van der Waals surface area (Å²) in [6.45, 7) is 1.94. The average Bonchev–Trinajstić information content (AvgIpc) is 3.20. The summed E-state index contributed by atoms with van der Waals surface area (Å²) in [5.41, 5.74) is 3.52. The summed E-state index contributed by atoms with van der Waals surface area (Å²) in [4.78, 5) is 39.4. The molecule has 2 amide bonds. The van der Waals surface area contributed by atoms with E-state index in [0.717, 1.165) is 20.1 Å². The predicted molar refractivity (Wildman–Crippen MR) is 131 cm³/mol. The van der Waals surface area contributed by atoms with Gasteiger partial charge in [-0.1, -0.05) is 29.5 Å². The van der Waals surface area contributed by atoms with E-state index in [9.17, 15) is 19.7 Å². The standard InChI is InChI=1S/C23H18N4O4S2/c1-14-3-2-4-15(11-14)22(29)25-17-7-10-19-20(12-17)33-23(26-19)32-13-21(28)24-16-5-8-18(9-6-16)27(30)31/h2-12H,13H2,1H3,(H,24,28)(H,25,29). The lowest BCUT2D eigenvalue weighted by atomic mass is 10.1. The third-order valence-electron chi connectivity index (χ3n) is 4.60. The fourth-order valence-corrected chi connectivity index (χ4v) is 4.93. The fraction of sp³-hybridized carbons (Fsp3) is 0.0870. The minimum Gasteiger partial charge on any atom is -0.325 e. The molecule has 0 aliphatic rings. The molecule has 0 atom stereocenters. The molecule has 166 valence electrons. The highest BCUT2D eigenvalue weighted by Crippen LogP contribution is 2.31. The number of fused-ring (bicyclic) bond motifs is 1. The first-order valence-corrected chi connectivity index (χ1v) is 11.6. The summed E-state index contributed by atoms with van der Waals surface area (Å²) in [5.74, 6) is -0.271. The molecule has 1 aromatic heterocycles. The van der Waals surface area contributed by atoms with Crippen molar-refractivity contribution in [3.8, 4) is 0 Å². The normalized spacial score (nSPS) is 10.7. The van der Waals surface area contributed by atoms with E-state index >= 15 is 0 Å². The lowest BCUT2D eigenvalue weighted by Gasteiger charge is -2.05. The van der Waals surface area contributed by atoms with Crippen LogP contribution in [0.15, 0.2) is 71.1 Å². The molecule has 0 aliphatic heterocycles. The summed E-state index contributed by atoms with van der Waals surface area (Å²) in [7, 11) is 0. The number of carbonyl (C=O) groups is 2. The number of aryl methyl sites for hydroxylation is 1. The predicted octanol–water partition coefficient (Wildman–Crippen LogP) is 5.50. The lowest BCUT2D eigenvalue weighted by molar-refractivity contribution is -0.384. The van der Waals surface area contributed by atoms with Crippen LogP contribution in [0.1, 0.15) is 15.9 Å². The summed E-state index contributed by atoms with van der Waals surface area (Å²) < 4.78 is 1.63. The van der Waals surface area contributed by atoms with Crippen LogP contribution in [0.5, 0.6) is 0 Å². The van der Waals surface area contributed by atoms with Gasteiger partial charge in [0.25, 0.3) is 11.6 Å². The van der Waals surface area contributed by atoms with Crippen LogP contribution in [0.2, 0.25) is 0 Å². The number of non-ortho nitro benzene ring substituents is 1. The van der Waals surface area contributed by atoms with Gasteiger partial charge in [-0.05, 0) is 49.4 Å². The van der Waals surface area contributed by atoms with Gasteiger partial charge in [0, 0.05) is 29.1 Å². The molecular formula is C23H18N4O4S2. The van der Waals surface area contributed by atoms with Crippen molar-refractivity contribution in [2.24, 2.45) is 0 Å². The van der Waals surface area contributed by atoms with Gasteiger partial charge in [-0.15, -0.1) is 11.3 Å². The van der Waals surface area contributed by atoms with Crippen molar-refractivity contribution in [2.45, 2.75) is 11.3 Å². The van der Waals surface area contributed by atoms with Crippen molar-refractivity contribution in [3.05, 3.63) is 88.0 Å². The van der Waals surface area contributed by atoms with Crippen LogP contribution in [0.3, 0.4) is 0 Å². The Labute approximate surface area is 197 Å². The van der Waals surface area contributed by atoms with Crippen LogP contribution >= 0.6 is 23.1 Å². The molecule has 0 radical (unpaired) electrons. The van der Waals surface area contributed by atoms with Gasteiger partial charge in [-0.25, -0.2) is 4.98 Å². The van der Waals surface area contributed by atoms with Crippen LogP contribution in [0, 0.1) is 17.0 Å². The number of amides is 2. The van der Waals surface area contributed by atoms with Crippen molar-refractivity contribution < 1.29 is 14.5 Å². The number of benzene rings is 3. The maximum atomic E-state index is 12.5. The molecule has 0 saturated carbocycles. The Bertz CT molecular complexity index is 1350. The highest BCUT2D eigenvalue weighted by atomic mass is 32.2. The highest BCUT2D eigenvalue weighted by molar-refractivity contribution is 8.01. The molecule has 0 aliphatic carbocycles. The molecule has 0 unspecified atom stereocenters. The molecule has 0 bridgehead atoms. The Balaban J connectivity index is 1.36. The first-order valence-electron chi connectivity index (χ1n) is 9.83. The maximum Gasteiger partial charge on any atom is 0.269 e. The van der Waals surface area contributed by atoms with Crippen molar-refractivity contribution in [3.63, 3.8) is 0 Å². The van der Waals surface area contributed by atoms with Crippen LogP contribution in [-0.4, -0.2) is 27.5 Å². The smallest absolute Gasteiger partial charge is 0.269 e. The number of aromatic nitrogens is 1. The molecule has 0 fully saturated rings. The van der Waals surface area contributed by atoms with E-state index in [4.69, 9.17) is 0 Å².